The summed E-state index contributed by atoms with van der Waals surface area (Å²) in [5, 5.41) is 13.4. The van der Waals surface area contributed by atoms with Gasteiger partial charge < -0.3 is 15.2 Å². The third kappa shape index (κ3) is 2.58. The fraction of sp³-hybridized carbons (Fsp3) is 0.562. The maximum Gasteiger partial charge on any atom is 0.224 e. The van der Waals surface area contributed by atoms with Gasteiger partial charge in [-0.05, 0) is 42.4 Å². The normalized spacial score (nSPS) is 27.6. The lowest BCUT2D eigenvalue weighted by molar-refractivity contribution is -0.116. The molecule has 0 bridgehead atoms. The molecule has 4 heteroatoms. The van der Waals surface area contributed by atoms with E-state index in [0.29, 0.717) is 12.3 Å². The summed E-state index contributed by atoms with van der Waals surface area (Å²) in [5.74, 6) is 0.452. The first-order valence-electron chi connectivity index (χ1n) is 7.37. The van der Waals surface area contributed by atoms with Crippen LogP contribution in [0.1, 0.15) is 43.4 Å². The van der Waals surface area contributed by atoms with Crippen LogP contribution in [0.15, 0.2) is 18.2 Å². The quantitative estimate of drug-likeness (QED) is 0.871. The molecule has 1 fully saturated rings. The Labute approximate surface area is 119 Å². The number of aliphatic hydroxyl groups excluding tert-OH is 1. The van der Waals surface area contributed by atoms with E-state index >= 15 is 0 Å². The van der Waals surface area contributed by atoms with E-state index in [2.05, 4.69) is 12.2 Å². The van der Waals surface area contributed by atoms with Crippen molar-refractivity contribution in [2.75, 3.05) is 11.9 Å². The van der Waals surface area contributed by atoms with Crippen LogP contribution >= 0.6 is 0 Å². The summed E-state index contributed by atoms with van der Waals surface area (Å²) in [4.78, 5) is 11.5. The zero-order valence-electron chi connectivity index (χ0n) is 11.8. The molecule has 3 rings (SSSR count). The van der Waals surface area contributed by atoms with Crippen molar-refractivity contribution < 1.29 is 14.6 Å². The number of benzene rings is 1. The number of carbonyl (C=O) groups excluding carboxylic acids is 1. The molecule has 1 saturated heterocycles. The number of anilines is 1. The first-order valence-corrected chi connectivity index (χ1v) is 7.37. The number of nitrogens with one attached hydrogen (secondary N) is 1. The van der Waals surface area contributed by atoms with Crippen LogP contribution in [0.3, 0.4) is 0 Å². The number of ether oxygens (including phenoxy) is 1. The number of hydrogen-bond acceptors (Lipinski definition) is 3. The van der Waals surface area contributed by atoms with Gasteiger partial charge in [0, 0.05) is 18.7 Å². The van der Waals surface area contributed by atoms with Gasteiger partial charge >= 0.3 is 0 Å². The second kappa shape index (κ2) is 5.54. The molecule has 2 N–H and O–H groups in total. The van der Waals surface area contributed by atoms with Gasteiger partial charge in [-0.25, -0.2) is 0 Å². The van der Waals surface area contributed by atoms with Crippen LogP contribution in [0.25, 0.3) is 0 Å². The molecule has 3 atom stereocenters. The Kier molecular flexibility index (Phi) is 3.76. The summed E-state index contributed by atoms with van der Waals surface area (Å²) >= 11 is 0. The van der Waals surface area contributed by atoms with E-state index in [9.17, 15) is 9.90 Å². The maximum absolute atomic E-state index is 11.5. The number of rotatable bonds is 2. The average molecular weight is 275 g/mol. The number of carbonyl (C=O) groups is 1. The Hall–Kier alpha value is -1.39. The van der Waals surface area contributed by atoms with E-state index in [1.165, 1.54) is 0 Å². The standard InChI is InChI=1S/C16H21NO3/c1-10-7-8-20-16(10)15(19)12-5-6-13-11(9-12)3-2-4-14(18)17-13/h5-6,9-10,15-16,19H,2-4,7-8H2,1H3,(H,17,18). The number of aliphatic hydroxyl groups is 1. The summed E-state index contributed by atoms with van der Waals surface area (Å²) in [7, 11) is 0. The predicted molar refractivity (Wildman–Crippen MR) is 76.5 cm³/mol. The molecule has 0 radical (unpaired) electrons. The van der Waals surface area contributed by atoms with Crippen molar-refractivity contribution in [3.05, 3.63) is 29.3 Å². The van der Waals surface area contributed by atoms with Crippen LogP contribution in [0, 0.1) is 5.92 Å². The first kappa shape index (κ1) is 13.6. The Morgan fingerprint density at radius 1 is 1.40 bits per heavy atom. The Morgan fingerprint density at radius 3 is 3.00 bits per heavy atom. The van der Waals surface area contributed by atoms with Crippen molar-refractivity contribution in [2.45, 2.75) is 44.8 Å². The van der Waals surface area contributed by atoms with Crippen molar-refractivity contribution in [3.63, 3.8) is 0 Å². The van der Waals surface area contributed by atoms with Crippen molar-refractivity contribution in [2.24, 2.45) is 5.92 Å². The lowest BCUT2D eigenvalue weighted by Gasteiger charge is -2.22. The number of fused-ring (bicyclic) bond motifs is 1. The van der Waals surface area contributed by atoms with Crippen LogP contribution in [0.2, 0.25) is 0 Å². The molecule has 3 unspecified atom stereocenters. The molecule has 1 aromatic carbocycles. The number of amides is 1. The van der Waals surface area contributed by atoms with Crippen molar-refractivity contribution >= 4 is 11.6 Å². The molecule has 1 aromatic rings. The zero-order valence-corrected chi connectivity index (χ0v) is 11.8. The molecule has 0 spiro atoms. The van der Waals surface area contributed by atoms with Crippen molar-refractivity contribution in [1.82, 2.24) is 0 Å². The van der Waals surface area contributed by atoms with E-state index < -0.39 is 6.10 Å². The van der Waals surface area contributed by atoms with E-state index in [1.807, 2.05) is 18.2 Å². The van der Waals surface area contributed by atoms with Gasteiger partial charge in [0.05, 0.1) is 6.10 Å². The van der Waals surface area contributed by atoms with Crippen LogP contribution in [-0.2, 0) is 16.0 Å². The summed E-state index contributed by atoms with van der Waals surface area (Å²) in [5.41, 5.74) is 2.88. The Morgan fingerprint density at radius 2 is 2.25 bits per heavy atom. The van der Waals surface area contributed by atoms with Crippen LogP contribution in [-0.4, -0.2) is 23.7 Å². The Balaban J connectivity index is 1.84. The highest BCUT2D eigenvalue weighted by atomic mass is 16.5. The van der Waals surface area contributed by atoms with Gasteiger partial charge in [-0.2, -0.15) is 0 Å². The van der Waals surface area contributed by atoms with Crippen molar-refractivity contribution in [3.8, 4) is 0 Å². The highest BCUT2D eigenvalue weighted by Crippen LogP contribution is 2.33. The van der Waals surface area contributed by atoms with Gasteiger partial charge in [-0.1, -0.05) is 19.1 Å². The molecule has 0 saturated carbocycles. The Bertz CT molecular complexity index is 514. The highest BCUT2D eigenvalue weighted by Gasteiger charge is 2.32. The van der Waals surface area contributed by atoms with E-state index in [0.717, 1.165) is 42.7 Å². The average Bonchev–Trinajstić information content (AvgIpc) is 2.76. The third-order valence-electron chi connectivity index (χ3n) is 4.35. The van der Waals surface area contributed by atoms with Crippen LogP contribution in [0.4, 0.5) is 5.69 Å². The predicted octanol–water partition coefficient (Wildman–Crippen LogP) is 2.42. The van der Waals surface area contributed by atoms with Crippen molar-refractivity contribution in [1.29, 1.82) is 0 Å². The van der Waals surface area contributed by atoms with Gasteiger partial charge in [0.1, 0.15) is 6.10 Å². The minimum absolute atomic E-state index is 0.0739. The lowest BCUT2D eigenvalue weighted by Crippen LogP contribution is -2.23. The molecule has 0 aromatic heterocycles. The van der Waals surface area contributed by atoms with Crippen LogP contribution < -0.4 is 5.32 Å². The summed E-state index contributed by atoms with van der Waals surface area (Å²) in [6.07, 6.45) is 2.59. The van der Waals surface area contributed by atoms with E-state index in [1.54, 1.807) is 0 Å². The summed E-state index contributed by atoms with van der Waals surface area (Å²) in [6.45, 7) is 2.84. The zero-order chi connectivity index (χ0) is 14.1. The second-order valence-electron chi connectivity index (χ2n) is 5.86. The smallest absolute Gasteiger partial charge is 0.224 e. The minimum Gasteiger partial charge on any atom is -0.386 e. The number of aryl methyl sites for hydroxylation is 1. The highest BCUT2D eigenvalue weighted by molar-refractivity contribution is 5.92. The molecule has 2 aliphatic heterocycles. The van der Waals surface area contributed by atoms with Gasteiger partial charge in [-0.15, -0.1) is 0 Å². The molecule has 20 heavy (non-hydrogen) atoms. The van der Waals surface area contributed by atoms with Gasteiger partial charge in [0.15, 0.2) is 0 Å². The third-order valence-corrected chi connectivity index (χ3v) is 4.35. The van der Waals surface area contributed by atoms with Crippen LogP contribution in [0.5, 0.6) is 0 Å². The van der Waals surface area contributed by atoms with Gasteiger partial charge in [-0.3, -0.25) is 4.79 Å². The van der Waals surface area contributed by atoms with E-state index in [4.69, 9.17) is 4.74 Å². The fourth-order valence-corrected chi connectivity index (χ4v) is 3.09. The van der Waals surface area contributed by atoms with Gasteiger partial charge in [0.25, 0.3) is 0 Å². The SMILES string of the molecule is CC1CCOC1C(O)c1ccc2c(c1)CCCC(=O)N2. The summed E-state index contributed by atoms with van der Waals surface area (Å²) in [6, 6.07) is 5.81. The molecular weight excluding hydrogens is 254 g/mol. The molecule has 0 aliphatic carbocycles. The topological polar surface area (TPSA) is 58.6 Å². The molecule has 2 heterocycles. The molecule has 2 aliphatic rings. The largest absolute Gasteiger partial charge is 0.386 e. The second-order valence-corrected chi connectivity index (χ2v) is 5.86. The lowest BCUT2D eigenvalue weighted by atomic mass is 9.93. The number of hydrogen-bond donors (Lipinski definition) is 2. The monoisotopic (exact) mass is 275 g/mol. The van der Waals surface area contributed by atoms with E-state index in [-0.39, 0.29) is 12.0 Å². The molecular formula is C16H21NO3. The molecule has 108 valence electrons. The minimum atomic E-state index is -0.586. The van der Waals surface area contributed by atoms with Gasteiger partial charge in [0.2, 0.25) is 5.91 Å². The summed E-state index contributed by atoms with van der Waals surface area (Å²) < 4.78 is 5.65. The fourth-order valence-electron chi connectivity index (χ4n) is 3.09. The molecule has 4 nitrogen and oxygen atoms in total. The molecule has 1 amide bonds. The maximum atomic E-state index is 11.5. The first-order chi connectivity index (χ1) is 9.65.